The fraction of sp³-hybridized carbons (Fsp3) is 0.533. The molecule has 0 saturated carbocycles. The van der Waals surface area contributed by atoms with Crippen molar-refractivity contribution in [3.63, 3.8) is 0 Å². The standard InChI is InChI=1S/C15H22FN3O/c1-11(20)18-6-7-19-9-13(8-15(17)10-19)12-2-4-14(16)5-3-12/h2-5,13,15H,6-10,17H2,1H3,(H,18,20). The van der Waals surface area contributed by atoms with E-state index in [0.29, 0.717) is 12.5 Å². The van der Waals surface area contributed by atoms with Crippen LogP contribution in [0.4, 0.5) is 4.39 Å². The van der Waals surface area contributed by atoms with Crippen molar-refractivity contribution in [1.29, 1.82) is 0 Å². The van der Waals surface area contributed by atoms with Crippen LogP contribution < -0.4 is 11.1 Å². The second-order valence-electron chi connectivity index (χ2n) is 5.49. The van der Waals surface area contributed by atoms with Crippen LogP contribution in [0.15, 0.2) is 24.3 Å². The van der Waals surface area contributed by atoms with E-state index in [0.717, 1.165) is 31.6 Å². The quantitative estimate of drug-likeness (QED) is 0.867. The lowest BCUT2D eigenvalue weighted by Crippen LogP contribution is -2.48. The summed E-state index contributed by atoms with van der Waals surface area (Å²) in [5.41, 5.74) is 7.24. The number of piperidine rings is 1. The fourth-order valence-electron chi connectivity index (χ4n) is 2.78. The highest BCUT2D eigenvalue weighted by Gasteiger charge is 2.25. The minimum Gasteiger partial charge on any atom is -0.355 e. The lowest BCUT2D eigenvalue weighted by Gasteiger charge is -2.36. The molecule has 0 aliphatic carbocycles. The molecule has 2 atom stereocenters. The van der Waals surface area contributed by atoms with Gasteiger partial charge in [-0.1, -0.05) is 12.1 Å². The van der Waals surface area contributed by atoms with Gasteiger partial charge in [-0.25, -0.2) is 4.39 Å². The highest BCUT2D eigenvalue weighted by molar-refractivity contribution is 5.72. The van der Waals surface area contributed by atoms with E-state index in [2.05, 4.69) is 10.2 Å². The Morgan fingerprint density at radius 3 is 2.75 bits per heavy atom. The van der Waals surface area contributed by atoms with Gasteiger partial charge in [0.25, 0.3) is 0 Å². The molecule has 0 aromatic heterocycles. The zero-order valence-electron chi connectivity index (χ0n) is 11.8. The number of hydrogen-bond donors (Lipinski definition) is 2. The van der Waals surface area contributed by atoms with Crippen molar-refractivity contribution in [2.24, 2.45) is 5.73 Å². The summed E-state index contributed by atoms with van der Waals surface area (Å²) in [5.74, 6) is 0.106. The molecule has 1 fully saturated rings. The smallest absolute Gasteiger partial charge is 0.216 e. The van der Waals surface area contributed by atoms with Gasteiger partial charge in [0.05, 0.1) is 0 Å². The van der Waals surface area contributed by atoms with E-state index in [1.165, 1.54) is 19.1 Å². The molecule has 1 saturated heterocycles. The first-order chi connectivity index (χ1) is 9.54. The number of benzene rings is 1. The first kappa shape index (κ1) is 14.9. The number of nitrogens with one attached hydrogen (secondary N) is 1. The van der Waals surface area contributed by atoms with Crippen LogP contribution in [-0.4, -0.2) is 43.0 Å². The van der Waals surface area contributed by atoms with Gasteiger partial charge >= 0.3 is 0 Å². The zero-order valence-corrected chi connectivity index (χ0v) is 11.8. The number of likely N-dealkylation sites (tertiary alicyclic amines) is 1. The number of carbonyl (C=O) groups excluding carboxylic acids is 1. The first-order valence-electron chi connectivity index (χ1n) is 7.02. The molecule has 2 rings (SSSR count). The van der Waals surface area contributed by atoms with Crippen molar-refractivity contribution in [2.75, 3.05) is 26.2 Å². The van der Waals surface area contributed by atoms with Crippen LogP contribution in [0.25, 0.3) is 0 Å². The third-order valence-corrected chi connectivity index (χ3v) is 3.70. The van der Waals surface area contributed by atoms with Crippen LogP contribution in [-0.2, 0) is 4.79 Å². The molecule has 1 aliphatic rings. The summed E-state index contributed by atoms with van der Waals surface area (Å²) in [7, 11) is 0. The number of hydrogen-bond acceptors (Lipinski definition) is 3. The molecule has 1 aromatic rings. The Morgan fingerprint density at radius 1 is 1.40 bits per heavy atom. The summed E-state index contributed by atoms with van der Waals surface area (Å²) in [5, 5.41) is 2.80. The average molecular weight is 279 g/mol. The predicted octanol–water partition coefficient (Wildman–Crippen LogP) is 1.08. The van der Waals surface area contributed by atoms with Crippen LogP contribution in [0.3, 0.4) is 0 Å². The lowest BCUT2D eigenvalue weighted by atomic mass is 9.88. The normalized spacial score (nSPS) is 23.6. The molecule has 5 heteroatoms. The van der Waals surface area contributed by atoms with Crippen molar-refractivity contribution in [2.45, 2.75) is 25.3 Å². The van der Waals surface area contributed by atoms with Crippen LogP contribution in [0.5, 0.6) is 0 Å². The number of carbonyl (C=O) groups is 1. The first-order valence-corrected chi connectivity index (χ1v) is 7.02. The molecule has 110 valence electrons. The molecule has 1 heterocycles. The van der Waals surface area contributed by atoms with Crippen molar-refractivity contribution in [1.82, 2.24) is 10.2 Å². The maximum absolute atomic E-state index is 13.0. The predicted molar refractivity (Wildman–Crippen MR) is 76.9 cm³/mol. The largest absolute Gasteiger partial charge is 0.355 e. The summed E-state index contributed by atoms with van der Waals surface area (Å²) >= 11 is 0. The molecule has 1 aliphatic heterocycles. The maximum atomic E-state index is 13.0. The van der Waals surface area contributed by atoms with Crippen LogP contribution in [0.2, 0.25) is 0 Å². The molecule has 20 heavy (non-hydrogen) atoms. The van der Waals surface area contributed by atoms with Crippen molar-refractivity contribution in [3.8, 4) is 0 Å². The topological polar surface area (TPSA) is 58.4 Å². The molecule has 0 bridgehead atoms. The molecule has 0 radical (unpaired) electrons. The number of rotatable bonds is 4. The van der Waals surface area contributed by atoms with E-state index in [-0.39, 0.29) is 17.8 Å². The van der Waals surface area contributed by atoms with Gasteiger partial charge in [-0.2, -0.15) is 0 Å². The minimum absolute atomic E-state index is 0.0126. The summed E-state index contributed by atoms with van der Waals surface area (Å²) in [4.78, 5) is 13.1. The number of nitrogens with two attached hydrogens (primary N) is 1. The van der Waals surface area contributed by atoms with Gasteiger partial charge in [-0.05, 0) is 30.0 Å². The molecule has 1 amide bonds. The Kier molecular flexibility index (Phi) is 5.09. The molecule has 2 unspecified atom stereocenters. The maximum Gasteiger partial charge on any atom is 0.216 e. The van der Waals surface area contributed by atoms with Gasteiger partial charge in [0.2, 0.25) is 5.91 Å². The second-order valence-corrected chi connectivity index (χ2v) is 5.49. The van der Waals surface area contributed by atoms with Crippen LogP contribution in [0.1, 0.15) is 24.8 Å². The second kappa shape index (κ2) is 6.81. The van der Waals surface area contributed by atoms with Gasteiger partial charge < -0.3 is 11.1 Å². The van der Waals surface area contributed by atoms with Crippen molar-refractivity contribution < 1.29 is 9.18 Å². The summed E-state index contributed by atoms with van der Waals surface area (Å²) < 4.78 is 13.0. The molecule has 1 aromatic carbocycles. The van der Waals surface area contributed by atoms with Gasteiger partial charge in [-0.3, -0.25) is 9.69 Å². The summed E-state index contributed by atoms with van der Waals surface area (Å²) in [6.07, 6.45) is 0.919. The number of amides is 1. The third kappa shape index (κ3) is 4.28. The van der Waals surface area contributed by atoms with Gasteiger partial charge in [-0.15, -0.1) is 0 Å². The summed E-state index contributed by atoms with van der Waals surface area (Å²) in [6, 6.07) is 6.79. The van der Waals surface area contributed by atoms with Crippen LogP contribution in [0, 0.1) is 5.82 Å². The SMILES string of the molecule is CC(=O)NCCN1CC(N)CC(c2ccc(F)cc2)C1. The molecule has 0 spiro atoms. The van der Waals surface area contributed by atoms with Crippen molar-refractivity contribution in [3.05, 3.63) is 35.6 Å². The van der Waals surface area contributed by atoms with Gasteiger partial charge in [0.15, 0.2) is 0 Å². The van der Waals surface area contributed by atoms with E-state index in [9.17, 15) is 9.18 Å². The van der Waals surface area contributed by atoms with Crippen LogP contribution >= 0.6 is 0 Å². The summed E-state index contributed by atoms with van der Waals surface area (Å²) in [6.45, 7) is 4.70. The van der Waals surface area contributed by atoms with E-state index in [4.69, 9.17) is 5.73 Å². The monoisotopic (exact) mass is 279 g/mol. The highest BCUT2D eigenvalue weighted by Crippen LogP contribution is 2.26. The molecule has 4 nitrogen and oxygen atoms in total. The highest BCUT2D eigenvalue weighted by atomic mass is 19.1. The Hall–Kier alpha value is -1.46. The fourth-order valence-corrected chi connectivity index (χ4v) is 2.78. The Bertz CT molecular complexity index is 449. The zero-order chi connectivity index (χ0) is 14.5. The van der Waals surface area contributed by atoms with E-state index >= 15 is 0 Å². The average Bonchev–Trinajstić information content (AvgIpc) is 2.38. The minimum atomic E-state index is -0.212. The Morgan fingerprint density at radius 2 is 2.10 bits per heavy atom. The Balaban J connectivity index is 1.93. The third-order valence-electron chi connectivity index (χ3n) is 3.70. The van der Waals surface area contributed by atoms with Gasteiger partial charge in [0, 0.05) is 39.1 Å². The number of nitrogens with zero attached hydrogens (tertiary/aromatic N) is 1. The van der Waals surface area contributed by atoms with E-state index < -0.39 is 0 Å². The van der Waals surface area contributed by atoms with E-state index in [1.807, 2.05) is 12.1 Å². The Labute approximate surface area is 119 Å². The lowest BCUT2D eigenvalue weighted by molar-refractivity contribution is -0.119. The molecule has 3 N–H and O–H groups in total. The van der Waals surface area contributed by atoms with Crippen molar-refractivity contribution >= 4 is 5.91 Å². The number of halogens is 1. The molecular formula is C15H22FN3O. The van der Waals surface area contributed by atoms with E-state index in [1.54, 1.807) is 0 Å². The molecular weight excluding hydrogens is 257 g/mol. The van der Waals surface area contributed by atoms with Gasteiger partial charge in [0.1, 0.15) is 5.82 Å².